The molecular weight excluding hydrogens is 356 g/mol. The zero-order valence-corrected chi connectivity index (χ0v) is 16.9. The monoisotopic (exact) mass is 382 g/mol. The first-order valence-corrected chi connectivity index (χ1v) is 9.29. The number of methoxy groups -OCH3 is 2. The van der Waals surface area contributed by atoms with Crippen LogP contribution in [0.4, 0.5) is 11.4 Å². The van der Waals surface area contributed by atoms with Crippen molar-refractivity contribution in [2.75, 3.05) is 24.0 Å². The van der Waals surface area contributed by atoms with Crippen molar-refractivity contribution in [1.29, 1.82) is 0 Å². The van der Waals surface area contributed by atoms with E-state index in [0.717, 1.165) is 22.7 Å². The molecule has 28 heavy (non-hydrogen) atoms. The van der Waals surface area contributed by atoms with Crippen molar-refractivity contribution < 1.29 is 19.1 Å². The average Bonchev–Trinajstić information content (AvgIpc) is 2.67. The van der Waals surface area contributed by atoms with Crippen LogP contribution in [-0.2, 0) is 9.59 Å². The van der Waals surface area contributed by atoms with Gasteiger partial charge in [0.15, 0.2) is 0 Å². The second kappa shape index (κ2) is 7.92. The van der Waals surface area contributed by atoms with Crippen LogP contribution >= 0.6 is 0 Å². The maximum absolute atomic E-state index is 12.7. The van der Waals surface area contributed by atoms with E-state index < -0.39 is 0 Å². The molecule has 148 valence electrons. The summed E-state index contributed by atoms with van der Waals surface area (Å²) in [6, 6.07) is 12.8. The van der Waals surface area contributed by atoms with Crippen LogP contribution in [0.15, 0.2) is 42.5 Å². The number of carbonyl (C=O) groups is 2. The quantitative estimate of drug-likeness (QED) is 0.804. The molecule has 0 unspecified atom stereocenters. The number of hydrogen-bond donors (Lipinski definition) is 0. The fourth-order valence-electron chi connectivity index (χ4n) is 3.99. The van der Waals surface area contributed by atoms with Gasteiger partial charge >= 0.3 is 0 Å². The third-order valence-electron chi connectivity index (χ3n) is 5.20. The zero-order chi connectivity index (χ0) is 20.4. The number of benzene rings is 2. The van der Waals surface area contributed by atoms with Gasteiger partial charge in [0.1, 0.15) is 11.5 Å². The molecule has 0 radical (unpaired) electrons. The third kappa shape index (κ3) is 3.54. The van der Waals surface area contributed by atoms with E-state index in [0.29, 0.717) is 12.2 Å². The summed E-state index contributed by atoms with van der Waals surface area (Å²) in [5, 5.41) is 0. The summed E-state index contributed by atoms with van der Waals surface area (Å²) >= 11 is 0. The summed E-state index contributed by atoms with van der Waals surface area (Å²) < 4.78 is 10.6. The molecule has 2 amide bonds. The molecule has 0 saturated carbocycles. The summed E-state index contributed by atoms with van der Waals surface area (Å²) in [5.41, 5.74) is 2.51. The summed E-state index contributed by atoms with van der Waals surface area (Å²) in [6.45, 7) is 5.14. The standard InChI is InChI=1S/C22H26N2O4/c1-14-12-22(24(16(3)26)17-6-8-18(27-4)9-7-17)20-13-19(28-5)10-11-21(20)23(14)15(2)25/h6-11,13-14,22H,12H2,1-5H3/t14-,22+/m0/s1. The zero-order valence-electron chi connectivity index (χ0n) is 16.9. The van der Waals surface area contributed by atoms with E-state index in [1.54, 1.807) is 37.9 Å². The Bertz CT molecular complexity index is 879. The molecule has 2 aromatic rings. The molecule has 2 atom stereocenters. The molecule has 6 nitrogen and oxygen atoms in total. The molecule has 1 aliphatic rings. The summed E-state index contributed by atoms with van der Waals surface area (Å²) in [4.78, 5) is 28.5. The van der Waals surface area contributed by atoms with Gasteiger partial charge in [-0.3, -0.25) is 9.59 Å². The van der Waals surface area contributed by atoms with Gasteiger partial charge in [-0.1, -0.05) is 0 Å². The Morgan fingerprint density at radius 1 is 1.00 bits per heavy atom. The normalized spacial score (nSPS) is 18.2. The lowest BCUT2D eigenvalue weighted by Gasteiger charge is -2.43. The number of carbonyl (C=O) groups excluding carboxylic acids is 2. The lowest BCUT2D eigenvalue weighted by atomic mass is 9.89. The van der Waals surface area contributed by atoms with Gasteiger partial charge in [0.2, 0.25) is 11.8 Å². The smallest absolute Gasteiger partial charge is 0.224 e. The number of anilines is 2. The Balaban J connectivity index is 2.13. The topological polar surface area (TPSA) is 59.1 Å². The second-order valence-corrected chi connectivity index (χ2v) is 7.00. The van der Waals surface area contributed by atoms with E-state index in [4.69, 9.17) is 9.47 Å². The Morgan fingerprint density at radius 2 is 1.61 bits per heavy atom. The first kappa shape index (κ1) is 19.7. The minimum Gasteiger partial charge on any atom is -0.497 e. The molecule has 0 bridgehead atoms. The molecule has 6 heteroatoms. The van der Waals surface area contributed by atoms with Crippen LogP contribution in [0.5, 0.6) is 11.5 Å². The highest BCUT2D eigenvalue weighted by Gasteiger charge is 2.37. The van der Waals surface area contributed by atoms with Gasteiger partial charge in [-0.2, -0.15) is 0 Å². The van der Waals surface area contributed by atoms with Crippen molar-refractivity contribution in [3.8, 4) is 11.5 Å². The highest BCUT2D eigenvalue weighted by atomic mass is 16.5. The maximum Gasteiger partial charge on any atom is 0.224 e. The van der Waals surface area contributed by atoms with E-state index in [1.165, 1.54) is 0 Å². The SMILES string of the molecule is COc1ccc(N(C(C)=O)[C@@H]2C[C@H](C)N(C(C)=O)c3ccc(OC)cc32)cc1. The van der Waals surface area contributed by atoms with E-state index in [9.17, 15) is 9.59 Å². The molecule has 1 heterocycles. The van der Waals surface area contributed by atoms with Crippen LogP contribution < -0.4 is 19.3 Å². The molecule has 0 N–H and O–H groups in total. The lowest BCUT2D eigenvalue weighted by Crippen LogP contribution is -2.46. The number of hydrogen-bond acceptors (Lipinski definition) is 4. The summed E-state index contributed by atoms with van der Waals surface area (Å²) in [6.07, 6.45) is 0.630. The minimum atomic E-state index is -0.207. The summed E-state index contributed by atoms with van der Waals surface area (Å²) in [7, 11) is 3.22. The fourth-order valence-corrected chi connectivity index (χ4v) is 3.99. The highest BCUT2D eigenvalue weighted by molar-refractivity contribution is 5.96. The molecule has 1 aliphatic heterocycles. The first-order valence-electron chi connectivity index (χ1n) is 9.29. The average molecular weight is 382 g/mol. The van der Waals surface area contributed by atoms with Crippen molar-refractivity contribution in [1.82, 2.24) is 0 Å². The van der Waals surface area contributed by atoms with E-state index in [2.05, 4.69) is 0 Å². The second-order valence-electron chi connectivity index (χ2n) is 7.00. The largest absolute Gasteiger partial charge is 0.497 e. The van der Waals surface area contributed by atoms with E-state index in [-0.39, 0.29) is 23.9 Å². The van der Waals surface area contributed by atoms with Crippen LogP contribution in [0.1, 0.15) is 38.8 Å². The Morgan fingerprint density at radius 3 is 2.14 bits per heavy atom. The van der Waals surface area contributed by atoms with Crippen molar-refractivity contribution in [2.24, 2.45) is 0 Å². The molecular formula is C22H26N2O4. The number of fused-ring (bicyclic) bond motifs is 1. The molecule has 3 rings (SSSR count). The lowest BCUT2D eigenvalue weighted by molar-refractivity contribution is -0.117. The predicted molar refractivity (Wildman–Crippen MR) is 109 cm³/mol. The van der Waals surface area contributed by atoms with Gasteiger partial charge in [-0.15, -0.1) is 0 Å². The molecule has 2 aromatic carbocycles. The number of amides is 2. The molecule has 0 aromatic heterocycles. The highest BCUT2D eigenvalue weighted by Crippen LogP contribution is 2.43. The van der Waals surface area contributed by atoms with Crippen LogP contribution in [0, 0.1) is 0 Å². The number of nitrogens with zero attached hydrogens (tertiary/aromatic N) is 2. The van der Waals surface area contributed by atoms with Crippen LogP contribution in [0.2, 0.25) is 0 Å². The van der Waals surface area contributed by atoms with Crippen molar-refractivity contribution in [3.05, 3.63) is 48.0 Å². The molecule has 0 fully saturated rings. The van der Waals surface area contributed by atoms with Gasteiger partial charge in [0.25, 0.3) is 0 Å². The minimum absolute atomic E-state index is 0.0174. The molecule has 0 aliphatic carbocycles. The van der Waals surface area contributed by atoms with Crippen LogP contribution in [0.3, 0.4) is 0 Å². The van der Waals surface area contributed by atoms with Gasteiger partial charge in [0.05, 0.1) is 20.3 Å². The van der Waals surface area contributed by atoms with Crippen LogP contribution in [-0.4, -0.2) is 32.1 Å². The molecule has 0 saturated heterocycles. The number of rotatable bonds is 4. The van der Waals surface area contributed by atoms with Crippen molar-refractivity contribution in [3.63, 3.8) is 0 Å². The Labute approximate surface area is 165 Å². The fraction of sp³-hybridized carbons (Fsp3) is 0.364. The Kier molecular flexibility index (Phi) is 5.58. The predicted octanol–water partition coefficient (Wildman–Crippen LogP) is 3.94. The number of ether oxygens (including phenoxy) is 2. The van der Waals surface area contributed by atoms with Crippen molar-refractivity contribution >= 4 is 23.2 Å². The molecule has 0 spiro atoms. The van der Waals surface area contributed by atoms with E-state index in [1.807, 2.05) is 49.4 Å². The van der Waals surface area contributed by atoms with E-state index >= 15 is 0 Å². The third-order valence-corrected chi connectivity index (χ3v) is 5.20. The van der Waals surface area contributed by atoms with Crippen molar-refractivity contribution in [2.45, 2.75) is 39.3 Å². The van der Waals surface area contributed by atoms with Gasteiger partial charge in [-0.05, 0) is 55.8 Å². The van der Waals surface area contributed by atoms with Crippen LogP contribution in [0.25, 0.3) is 0 Å². The summed E-state index contributed by atoms with van der Waals surface area (Å²) in [5.74, 6) is 1.35. The van der Waals surface area contributed by atoms with Gasteiger partial charge in [0, 0.05) is 36.8 Å². The first-order chi connectivity index (χ1) is 13.4. The van der Waals surface area contributed by atoms with Gasteiger partial charge < -0.3 is 19.3 Å². The maximum atomic E-state index is 12.7. The Hall–Kier alpha value is -3.02. The van der Waals surface area contributed by atoms with Gasteiger partial charge in [-0.25, -0.2) is 0 Å².